The normalized spacial score (nSPS) is 31.3. The lowest BCUT2D eigenvalue weighted by molar-refractivity contribution is 0.0819. The summed E-state index contributed by atoms with van der Waals surface area (Å²) in [7, 11) is 1.76. The molecular weight excluding hydrogens is 210 g/mol. The fourth-order valence-electron chi connectivity index (χ4n) is 2.68. The average molecular weight is 234 g/mol. The Morgan fingerprint density at radius 3 is 2.62 bits per heavy atom. The van der Waals surface area contributed by atoms with Gasteiger partial charge in [0.05, 0.1) is 6.54 Å². The number of alkyl halides is 2. The molecular formula is C12H24F2N2. The van der Waals surface area contributed by atoms with Gasteiger partial charge in [-0.1, -0.05) is 13.3 Å². The molecule has 1 aliphatic carbocycles. The van der Waals surface area contributed by atoms with Crippen molar-refractivity contribution in [3.63, 3.8) is 0 Å². The molecule has 0 aromatic heterocycles. The first kappa shape index (κ1) is 13.8. The van der Waals surface area contributed by atoms with E-state index in [9.17, 15) is 8.78 Å². The third kappa shape index (κ3) is 4.34. The molecule has 3 unspecified atom stereocenters. The van der Waals surface area contributed by atoms with Crippen molar-refractivity contribution in [2.75, 3.05) is 20.1 Å². The van der Waals surface area contributed by atoms with Gasteiger partial charge < -0.3 is 10.6 Å². The molecule has 16 heavy (non-hydrogen) atoms. The zero-order valence-corrected chi connectivity index (χ0v) is 10.3. The average Bonchev–Trinajstić information content (AvgIpc) is 2.20. The number of rotatable bonds is 5. The number of nitrogens with zero attached hydrogens (tertiary/aromatic N) is 1. The van der Waals surface area contributed by atoms with Crippen LogP contribution in [-0.2, 0) is 0 Å². The van der Waals surface area contributed by atoms with Crippen molar-refractivity contribution in [1.29, 1.82) is 0 Å². The second-order valence-corrected chi connectivity index (χ2v) is 5.12. The van der Waals surface area contributed by atoms with Crippen LogP contribution in [0.1, 0.15) is 32.6 Å². The van der Waals surface area contributed by atoms with Gasteiger partial charge in [-0.15, -0.1) is 0 Å². The van der Waals surface area contributed by atoms with Gasteiger partial charge >= 0.3 is 0 Å². The van der Waals surface area contributed by atoms with E-state index in [1.807, 2.05) is 0 Å². The molecule has 0 radical (unpaired) electrons. The Hall–Kier alpha value is -0.220. The maximum Gasteiger partial charge on any atom is 0.251 e. The van der Waals surface area contributed by atoms with Crippen molar-refractivity contribution < 1.29 is 8.78 Å². The smallest absolute Gasteiger partial charge is 0.251 e. The van der Waals surface area contributed by atoms with E-state index in [1.165, 1.54) is 12.8 Å². The monoisotopic (exact) mass is 234 g/mol. The van der Waals surface area contributed by atoms with Gasteiger partial charge in [0.1, 0.15) is 0 Å². The SMILES string of the molecule is CCC1CCC(N)C(CN(C)CC(F)F)C1. The molecule has 0 bridgehead atoms. The van der Waals surface area contributed by atoms with Gasteiger partial charge in [0.15, 0.2) is 0 Å². The molecule has 3 atom stereocenters. The highest BCUT2D eigenvalue weighted by Gasteiger charge is 2.28. The molecule has 0 heterocycles. The van der Waals surface area contributed by atoms with E-state index in [0.29, 0.717) is 12.5 Å². The summed E-state index contributed by atoms with van der Waals surface area (Å²) in [4.78, 5) is 1.72. The molecule has 1 rings (SSSR count). The lowest BCUT2D eigenvalue weighted by Gasteiger charge is -2.36. The topological polar surface area (TPSA) is 29.3 Å². The van der Waals surface area contributed by atoms with Crippen LogP contribution in [0.5, 0.6) is 0 Å². The van der Waals surface area contributed by atoms with Gasteiger partial charge in [0.2, 0.25) is 0 Å². The summed E-state index contributed by atoms with van der Waals surface area (Å²) in [6.45, 7) is 2.77. The van der Waals surface area contributed by atoms with Gasteiger partial charge in [0, 0.05) is 12.6 Å². The van der Waals surface area contributed by atoms with Crippen LogP contribution in [0.4, 0.5) is 8.78 Å². The summed E-state index contributed by atoms with van der Waals surface area (Å²) in [6.07, 6.45) is 2.29. The highest BCUT2D eigenvalue weighted by atomic mass is 19.3. The Kier molecular flexibility index (Phi) is 5.62. The van der Waals surface area contributed by atoms with E-state index in [0.717, 1.165) is 18.8 Å². The molecule has 1 aliphatic rings. The molecule has 2 N–H and O–H groups in total. The van der Waals surface area contributed by atoms with E-state index in [1.54, 1.807) is 11.9 Å². The lowest BCUT2D eigenvalue weighted by atomic mass is 9.77. The number of nitrogens with two attached hydrogens (primary N) is 1. The Morgan fingerprint density at radius 2 is 2.06 bits per heavy atom. The molecule has 0 spiro atoms. The predicted octanol–water partition coefficient (Wildman–Crippen LogP) is 2.34. The number of hydrogen-bond acceptors (Lipinski definition) is 2. The van der Waals surface area contributed by atoms with Crippen molar-refractivity contribution in [1.82, 2.24) is 4.90 Å². The third-order valence-electron chi connectivity index (χ3n) is 3.72. The first-order valence-corrected chi connectivity index (χ1v) is 6.25. The molecule has 0 saturated heterocycles. The first-order valence-electron chi connectivity index (χ1n) is 6.25. The van der Waals surface area contributed by atoms with Crippen molar-refractivity contribution in [2.45, 2.75) is 45.1 Å². The predicted molar refractivity (Wildman–Crippen MR) is 62.6 cm³/mol. The Bertz CT molecular complexity index is 199. The van der Waals surface area contributed by atoms with E-state index in [4.69, 9.17) is 5.73 Å². The highest BCUT2D eigenvalue weighted by Crippen LogP contribution is 2.30. The third-order valence-corrected chi connectivity index (χ3v) is 3.72. The van der Waals surface area contributed by atoms with Crippen molar-refractivity contribution in [2.24, 2.45) is 17.6 Å². The highest BCUT2D eigenvalue weighted by molar-refractivity contribution is 4.83. The molecule has 1 saturated carbocycles. The fourth-order valence-corrected chi connectivity index (χ4v) is 2.68. The van der Waals surface area contributed by atoms with Crippen LogP contribution in [0.2, 0.25) is 0 Å². The molecule has 0 amide bonds. The quantitative estimate of drug-likeness (QED) is 0.791. The summed E-state index contributed by atoms with van der Waals surface area (Å²) in [5.74, 6) is 1.13. The summed E-state index contributed by atoms with van der Waals surface area (Å²) < 4.78 is 24.4. The van der Waals surface area contributed by atoms with E-state index in [-0.39, 0.29) is 12.6 Å². The maximum absolute atomic E-state index is 12.2. The standard InChI is InChI=1S/C12H24F2N2/c1-3-9-4-5-11(15)10(6-9)7-16(2)8-12(13)14/h9-12H,3-8,15H2,1-2H3. The van der Waals surface area contributed by atoms with Gasteiger partial charge in [-0.05, 0) is 38.1 Å². The molecule has 4 heteroatoms. The van der Waals surface area contributed by atoms with E-state index >= 15 is 0 Å². The van der Waals surface area contributed by atoms with Crippen LogP contribution >= 0.6 is 0 Å². The first-order chi connectivity index (χ1) is 7.52. The zero-order chi connectivity index (χ0) is 12.1. The van der Waals surface area contributed by atoms with Crippen molar-refractivity contribution >= 4 is 0 Å². The van der Waals surface area contributed by atoms with Gasteiger partial charge in [0.25, 0.3) is 6.43 Å². The Morgan fingerprint density at radius 1 is 1.38 bits per heavy atom. The second kappa shape index (κ2) is 6.50. The number of hydrogen-bond donors (Lipinski definition) is 1. The van der Waals surface area contributed by atoms with Crippen LogP contribution in [0.3, 0.4) is 0 Å². The summed E-state index contributed by atoms with van der Waals surface area (Å²) >= 11 is 0. The van der Waals surface area contributed by atoms with Crippen molar-refractivity contribution in [3.05, 3.63) is 0 Å². The lowest BCUT2D eigenvalue weighted by Crippen LogP contribution is -2.43. The molecule has 1 fully saturated rings. The Balaban J connectivity index is 2.38. The van der Waals surface area contributed by atoms with E-state index in [2.05, 4.69) is 6.92 Å². The minimum atomic E-state index is -2.24. The minimum absolute atomic E-state index is 0.139. The molecule has 0 aliphatic heterocycles. The van der Waals surface area contributed by atoms with Crippen LogP contribution in [-0.4, -0.2) is 37.5 Å². The van der Waals surface area contributed by atoms with Gasteiger partial charge in [-0.2, -0.15) is 0 Å². The van der Waals surface area contributed by atoms with Crippen molar-refractivity contribution in [3.8, 4) is 0 Å². The molecule has 0 aromatic rings. The molecule has 96 valence electrons. The summed E-state index contributed by atoms with van der Waals surface area (Å²) in [5, 5.41) is 0. The molecule has 2 nitrogen and oxygen atoms in total. The van der Waals surface area contributed by atoms with Gasteiger partial charge in [-0.3, -0.25) is 0 Å². The maximum atomic E-state index is 12.2. The Labute approximate surface area is 97.2 Å². The van der Waals surface area contributed by atoms with Gasteiger partial charge in [-0.25, -0.2) is 8.78 Å². The minimum Gasteiger partial charge on any atom is -0.327 e. The zero-order valence-electron chi connectivity index (χ0n) is 10.3. The van der Waals surface area contributed by atoms with E-state index < -0.39 is 6.43 Å². The number of halogens is 2. The summed E-state index contributed by atoms with van der Waals surface area (Å²) in [5.41, 5.74) is 6.06. The van der Waals surface area contributed by atoms with Crippen LogP contribution in [0.25, 0.3) is 0 Å². The molecule has 0 aromatic carbocycles. The van der Waals surface area contributed by atoms with Crippen LogP contribution in [0.15, 0.2) is 0 Å². The second-order valence-electron chi connectivity index (χ2n) is 5.12. The summed E-state index contributed by atoms with van der Waals surface area (Å²) in [6, 6.07) is 0.197. The fraction of sp³-hybridized carbons (Fsp3) is 1.00. The van der Waals surface area contributed by atoms with Crippen LogP contribution in [0, 0.1) is 11.8 Å². The largest absolute Gasteiger partial charge is 0.327 e. The van der Waals surface area contributed by atoms with Crippen LogP contribution < -0.4 is 5.73 Å².